The number of hydrogen-bond donors (Lipinski definition) is 1. The maximum Gasteiger partial charge on any atom is 0.194 e. The van der Waals surface area contributed by atoms with Crippen LogP contribution in [0.2, 0.25) is 0 Å². The third-order valence-corrected chi connectivity index (χ3v) is 6.05. The van der Waals surface area contributed by atoms with Crippen molar-refractivity contribution < 1.29 is 8.42 Å². The van der Waals surface area contributed by atoms with Crippen molar-refractivity contribution in [3.8, 4) is 0 Å². The molecule has 0 unspecified atom stereocenters. The van der Waals surface area contributed by atoms with Crippen LogP contribution in [0.15, 0.2) is 29.3 Å². The average molecular weight is 384 g/mol. The first kappa shape index (κ1) is 20.1. The molecule has 1 heterocycles. The van der Waals surface area contributed by atoms with Gasteiger partial charge in [0, 0.05) is 36.4 Å². The van der Waals surface area contributed by atoms with Gasteiger partial charge in [-0.3, -0.25) is 0 Å². The molecule has 0 bridgehead atoms. The minimum Gasteiger partial charge on any atom is -0.357 e. The van der Waals surface area contributed by atoms with E-state index in [-0.39, 0.29) is 10.5 Å². The molecule has 25 heavy (non-hydrogen) atoms. The van der Waals surface area contributed by atoms with Crippen LogP contribution >= 0.6 is 11.8 Å². The van der Waals surface area contributed by atoms with Gasteiger partial charge in [-0.25, -0.2) is 13.4 Å². The molecule has 0 aliphatic carbocycles. The molecular formula is C18H29N3O2S2. The highest BCUT2D eigenvalue weighted by Crippen LogP contribution is 2.29. The van der Waals surface area contributed by atoms with E-state index in [0.717, 1.165) is 42.5 Å². The number of hydrogen-bond acceptors (Lipinski definition) is 4. The molecule has 7 heteroatoms. The van der Waals surface area contributed by atoms with Crippen molar-refractivity contribution in [2.24, 2.45) is 4.99 Å². The first-order valence-electron chi connectivity index (χ1n) is 8.61. The Bertz CT molecular complexity index is 715. The Morgan fingerprint density at radius 3 is 2.72 bits per heavy atom. The fraction of sp³-hybridized carbons (Fsp3) is 0.611. The molecule has 1 aliphatic heterocycles. The number of rotatable bonds is 5. The van der Waals surface area contributed by atoms with E-state index in [9.17, 15) is 8.42 Å². The van der Waals surface area contributed by atoms with Crippen LogP contribution in [-0.4, -0.2) is 55.7 Å². The minimum atomic E-state index is -3.02. The van der Waals surface area contributed by atoms with Crippen LogP contribution in [-0.2, 0) is 22.1 Å². The monoisotopic (exact) mass is 383 g/mol. The summed E-state index contributed by atoms with van der Waals surface area (Å²) in [6.07, 6.45) is 1.26. The van der Waals surface area contributed by atoms with Crippen molar-refractivity contribution in [2.75, 3.05) is 31.6 Å². The lowest BCUT2D eigenvalue weighted by atomic mass is 10.1. The molecule has 0 saturated carbocycles. The van der Waals surface area contributed by atoms with Crippen molar-refractivity contribution in [3.63, 3.8) is 0 Å². The van der Waals surface area contributed by atoms with Crippen LogP contribution in [0.5, 0.6) is 0 Å². The zero-order valence-electron chi connectivity index (χ0n) is 15.6. The molecule has 1 aliphatic rings. The summed E-state index contributed by atoms with van der Waals surface area (Å²) in [5, 5.41) is 3.38. The molecule has 0 atom stereocenters. The third-order valence-electron chi connectivity index (χ3n) is 3.89. The van der Waals surface area contributed by atoms with Gasteiger partial charge in [0.15, 0.2) is 15.8 Å². The minimum absolute atomic E-state index is 0.0716. The molecular weight excluding hydrogens is 354 g/mol. The Labute approximate surface area is 156 Å². The van der Waals surface area contributed by atoms with Crippen LogP contribution in [0.3, 0.4) is 0 Å². The molecule has 1 fully saturated rings. The van der Waals surface area contributed by atoms with Crippen molar-refractivity contribution >= 4 is 27.6 Å². The van der Waals surface area contributed by atoms with Crippen LogP contribution in [0.4, 0.5) is 0 Å². The molecule has 0 aromatic heterocycles. The smallest absolute Gasteiger partial charge is 0.194 e. The molecule has 2 rings (SSSR count). The SMILES string of the molecule is CCNC(=NCc1cccc(CS(C)(=O)=O)c1)N1CCSC(C)(C)C1. The summed E-state index contributed by atoms with van der Waals surface area (Å²) >= 11 is 2.00. The molecule has 1 aromatic carbocycles. The van der Waals surface area contributed by atoms with E-state index in [1.807, 2.05) is 36.0 Å². The van der Waals surface area contributed by atoms with Gasteiger partial charge in [0.05, 0.1) is 12.3 Å². The maximum atomic E-state index is 11.5. The number of nitrogens with zero attached hydrogens (tertiary/aromatic N) is 2. The van der Waals surface area contributed by atoms with E-state index in [2.05, 4.69) is 31.0 Å². The zero-order valence-corrected chi connectivity index (χ0v) is 17.2. The maximum absolute atomic E-state index is 11.5. The molecule has 0 amide bonds. The van der Waals surface area contributed by atoms with E-state index in [0.29, 0.717) is 6.54 Å². The largest absolute Gasteiger partial charge is 0.357 e. The van der Waals surface area contributed by atoms with Crippen molar-refractivity contribution in [1.82, 2.24) is 10.2 Å². The lowest BCUT2D eigenvalue weighted by molar-refractivity contribution is 0.376. The van der Waals surface area contributed by atoms with E-state index in [1.165, 1.54) is 6.26 Å². The highest BCUT2D eigenvalue weighted by molar-refractivity contribution is 8.00. The Morgan fingerprint density at radius 1 is 1.36 bits per heavy atom. The molecule has 0 radical (unpaired) electrons. The summed E-state index contributed by atoms with van der Waals surface area (Å²) in [6, 6.07) is 7.68. The van der Waals surface area contributed by atoms with Crippen LogP contribution in [0.1, 0.15) is 31.9 Å². The second-order valence-electron chi connectivity index (χ2n) is 7.09. The van der Waals surface area contributed by atoms with Gasteiger partial charge in [-0.05, 0) is 31.9 Å². The number of aliphatic imine (C=N–C) groups is 1. The molecule has 0 spiro atoms. The highest BCUT2D eigenvalue weighted by atomic mass is 32.2. The van der Waals surface area contributed by atoms with Crippen molar-refractivity contribution in [3.05, 3.63) is 35.4 Å². The van der Waals surface area contributed by atoms with Gasteiger partial charge in [-0.1, -0.05) is 24.3 Å². The number of thioether (sulfide) groups is 1. The zero-order chi connectivity index (χ0) is 18.5. The lowest BCUT2D eigenvalue weighted by Gasteiger charge is -2.39. The van der Waals surface area contributed by atoms with Gasteiger partial charge in [-0.15, -0.1) is 0 Å². The summed E-state index contributed by atoms with van der Waals surface area (Å²) in [7, 11) is -3.02. The van der Waals surface area contributed by atoms with Crippen LogP contribution in [0, 0.1) is 0 Å². The van der Waals surface area contributed by atoms with Gasteiger partial charge in [0.25, 0.3) is 0 Å². The predicted octanol–water partition coefficient (Wildman–Crippen LogP) is 2.52. The molecule has 5 nitrogen and oxygen atoms in total. The highest BCUT2D eigenvalue weighted by Gasteiger charge is 2.28. The first-order valence-corrected chi connectivity index (χ1v) is 11.7. The van der Waals surface area contributed by atoms with E-state index < -0.39 is 9.84 Å². The number of sulfone groups is 1. The summed E-state index contributed by atoms with van der Waals surface area (Å²) in [6.45, 7) is 9.95. The predicted molar refractivity (Wildman–Crippen MR) is 108 cm³/mol. The fourth-order valence-corrected chi connectivity index (χ4v) is 4.81. The molecule has 1 N–H and O–H groups in total. The Kier molecular flexibility index (Phi) is 6.79. The standard InChI is InChI=1S/C18H29N3O2S2/c1-5-19-17(21-9-10-24-18(2,3)14-21)20-12-15-7-6-8-16(11-15)13-25(4,22)23/h6-8,11H,5,9-10,12-14H2,1-4H3,(H,19,20). The van der Waals surface area contributed by atoms with E-state index in [1.54, 1.807) is 0 Å². The molecule has 140 valence electrons. The second-order valence-corrected chi connectivity index (χ2v) is 11.0. The van der Waals surface area contributed by atoms with Gasteiger partial charge >= 0.3 is 0 Å². The van der Waals surface area contributed by atoms with Crippen LogP contribution < -0.4 is 5.32 Å². The van der Waals surface area contributed by atoms with Gasteiger partial charge in [0.2, 0.25) is 0 Å². The third kappa shape index (κ3) is 6.90. The average Bonchev–Trinajstić information content (AvgIpc) is 2.49. The second kappa shape index (κ2) is 8.45. The lowest BCUT2D eigenvalue weighted by Crippen LogP contribution is -2.50. The summed E-state index contributed by atoms with van der Waals surface area (Å²) in [5.74, 6) is 2.10. The fourth-order valence-electron chi connectivity index (χ4n) is 2.91. The van der Waals surface area contributed by atoms with Crippen molar-refractivity contribution in [2.45, 2.75) is 37.8 Å². The normalized spacial score (nSPS) is 18.2. The van der Waals surface area contributed by atoms with E-state index in [4.69, 9.17) is 4.99 Å². The quantitative estimate of drug-likeness (QED) is 0.625. The summed E-state index contributed by atoms with van der Waals surface area (Å²) < 4.78 is 23.2. The Morgan fingerprint density at radius 2 is 2.08 bits per heavy atom. The summed E-state index contributed by atoms with van der Waals surface area (Å²) in [5.41, 5.74) is 1.85. The number of guanidine groups is 1. The number of nitrogens with one attached hydrogen (secondary N) is 1. The van der Waals surface area contributed by atoms with Gasteiger partial charge in [0.1, 0.15) is 0 Å². The van der Waals surface area contributed by atoms with Crippen LogP contribution in [0.25, 0.3) is 0 Å². The Hall–Kier alpha value is -1.21. The Balaban J connectivity index is 2.12. The first-order chi connectivity index (χ1) is 11.7. The van der Waals surface area contributed by atoms with Crippen molar-refractivity contribution in [1.29, 1.82) is 0 Å². The summed E-state index contributed by atoms with van der Waals surface area (Å²) in [4.78, 5) is 7.10. The molecule has 1 saturated heterocycles. The van der Waals surface area contributed by atoms with Gasteiger partial charge < -0.3 is 10.2 Å². The molecule has 1 aromatic rings. The number of benzene rings is 1. The van der Waals surface area contributed by atoms with Gasteiger partial charge in [-0.2, -0.15) is 11.8 Å². The topological polar surface area (TPSA) is 61.8 Å². The van der Waals surface area contributed by atoms with E-state index >= 15 is 0 Å².